The van der Waals surface area contributed by atoms with Crippen LogP contribution in [0, 0.1) is 12.1 Å². The first-order valence-electron chi connectivity index (χ1n) is 12.7. The zero-order valence-electron chi connectivity index (χ0n) is 22.9. The van der Waals surface area contributed by atoms with Gasteiger partial charge in [-0.3, -0.25) is 6.08 Å². The number of nitrogens with one attached hydrogen (secondary N) is 1. The van der Waals surface area contributed by atoms with E-state index >= 15 is 0 Å². The molecule has 1 saturated carbocycles. The fourth-order valence-corrected chi connectivity index (χ4v) is 4.70. The Balaban J connectivity index is 0.000000326. The zero-order chi connectivity index (χ0) is 24.7. The Hall–Kier alpha value is -0.474. The van der Waals surface area contributed by atoms with E-state index in [4.69, 9.17) is 9.47 Å². The van der Waals surface area contributed by atoms with Crippen LogP contribution in [0.3, 0.4) is 0 Å². The maximum absolute atomic E-state index is 12.7. The smallest absolute Gasteiger partial charge is 0.444 e. The Labute approximate surface area is 255 Å². The maximum atomic E-state index is 12.7. The molecule has 0 radical (unpaired) electrons. The van der Waals surface area contributed by atoms with Gasteiger partial charge in [-0.2, -0.15) is 47.0 Å². The van der Waals surface area contributed by atoms with Crippen molar-refractivity contribution < 1.29 is 65.7 Å². The summed E-state index contributed by atoms with van der Waals surface area (Å²) in [6, 6.07) is 11.4. The molecule has 2 atom stereocenters. The van der Waals surface area contributed by atoms with Crippen molar-refractivity contribution in [3.05, 3.63) is 58.7 Å². The largest absolute Gasteiger partial charge is 1.00 e. The van der Waals surface area contributed by atoms with Crippen LogP contribution >= 0.6 is 0 Å². The van der Waals surface area contributed by atoms with Crippen LogP contribution in [0.5, 0.6) is 0 Å². The molecule has 0 aromatic heterocycles. The number of hydrogen-bond donors (Lipinski definition) is 1. The number of nitrogens with zero attached hydrogens (tertiary/aromatic N) is 1. The van der Waals surface area contributed by atoms with Crippen LogP contribution < -0.4 is 56.7 Å². The third kappa shape index (κ3) is 8.52. The van der Waals surface area contributed by atoms with Crippen molar-refractivity contribution in [2.24, 2.45) is 0 Å². The molecule has 5 nitrogen and oxygen atoms in total. The van der Waals surface area contributed by atoms with Crippen molar-refractivity contribution in [1.29, 1.82) is 0 Å². The summed E-state index contributed by atoms with van der Waals surface area (Å²) >= 11 is 0. The van der Waals surface area contributed by atoms with E-state index in [-0.39, 0.29) is 69.6 Å². The van der Waals surface area contributed by atoms with Crippen molar-refractivity contribution in [2.45, 2.75) is 90.4 Å². The molecule has 35 heavy (non-hydrogen) atoms. The van der Waals surface area contributed by atoms with Crippen LogP contribution in [-0.2, 0) is 9.47 Å². The van der Waals surface area contributed by atoms with E-state index in [9.17, 15) is 4.79 Å². The zero-order valence-corrected chi connectivity index (χ0v) is 26.0. The van der Waals surface area contributed by atoms with Gasteiger partial charge in [-0.15, -0.1) is 5.57 Å². The summed E-state index contributed by atoms with van der Waals surface area (Å²) in [5.74, 6) is 0.870. The molecule has 0 bridgehead atoms. The molecule has 1 amide bonds. The third-order valence-corrected chi connectivity index (χ3v) is 6.88. The van der Waals surface area contributed by atoms with Gasteiger partial charge in [0.05, 0.1) is 0 Å². The van der Waals surface area contributed by atoms with Crippen LogP contribution in [0.15, 0.2) is 41.0 Å². The summed E-state index contributed by atoms with van der Waals surface area (Å²) in [5.41, 5.74) is 4.61. The molecule has 2 fully saturated rings. The second-order valence-electron chi connectivity index (χ2n) is 10.4. The molecule has 0 spiro atoms. The minimum Gasteiger partial charge on any atom is -0.444 e. The Morgan fingerprint density at radius 3 is 2.43 bits per heavy atom. The fraction of sp³-hybridized carbons (Fsp3) is 0.621. The normalized spacial score (nSPS) is 23.8. The summed E-state index contributed by atoms with van der Waals surface area (Å²) in [5, 5.41) is 3.43. The molecule has 188 valence electrons. The molecule has 3 aliphatic rings. The number of fused-ring (bicyclic) bond motifs is 1. The fourth-order valence-electron chi connectivity index (χ4n) is 4.70. The molecule has 6 heteroatoms. The molecule has 2 unspecified atom stereocenters. The predicted molar refractivity (Wildman–Crippen MR) is 137 cm³/mol. The van der Waals surface area contributed by atoms with Gasteiger partial charge in [0, 0.05) is 38.9 Å². The second kappa shape index (κ2) is 14.5. The van der Waals surface area contributed by atoms with Gasteiger partial charge >= 0.3 is 57.5 Å². The van der Waals surface area contributed by atoms with E-state index in [2.05, 4.69) is 43.4 Å². The van der Waals surface area contributed by atoms with Crippen LogP contribution in [0.4, 0.5) is 4.79 Å². The number of hydrogen-bond acceptors (Lipinski definition) is 4. The maximum Gasteiger partial charge on any atom is 1.00 e. The summed E-state index contributed by atoms with van der Waals surface area (Å²) in [6.45, 7) is 12.1. The number of ether oxygens (including phenoxy) is 2. The SMILES string of the molecule is CCC(C)=C1C2=[C-]CCN(C(=O)OC(C)(C)C)C2CNCC1OC.[K+].[c-]1ccc(C2CCC2)cc1. The quantitative estimate of drug-likeness (QED) is 0.507. The Kier molecular flexibility index (Phi) is 12.7. The Morgan fingerprint density at radius 2 is 1.89 bits per heavy atom. The first kappa shape index (κ1) is 30.7. The molecular formula is C29H42KN2O3-. The number of allylic oxidation sites excluding steroid dienone is 1. The minimum atomic E-state index is -0.493. The molecular weight excluding hydrogens is 463 g/mol. The van der Waals surface area contributed by atoms with Crippen LogP contribution in [0.25, 0.3) is 0 Å². The summed E-state index contributed by atoms with van der Waals surface area (Å²) in [6.07, 6.45) is 9.16. The van der Waals surface area contributed by atoms with Gasteiger partial charge in [-0.25, -0.2) is 4.79 Å². The number of carbonyl (C=O) groups is 1. The van der Waals surface area contributed by atoms with Gasteiger partial charge < -0.3 is 19.7 Å². The first-order valence-corrected chi connectivity index (χ1v) is 12.7. The molecule has 1 aromatic carbocycles. The van der Waals surface area contributed by atoms with Gasteiger partial charge in [0.15, 0.2) is 0 Å². The van der Waals surface area contributed by atoms with Crippen molar-refractivity contribution in [1.82, 2.24) is 10.2 Å². The van der Waals surface area contributed by atoms with Crippen molar-refractivity contribution in [2.75, 3.05) is 26.7 Å². The molecule has 1 N–H and O–H groups in total. The average molecular weight is 506 g/mol. The van der Waals surface area contributed by atoms with Crippen molar-refractivity contribution >= 4 is 6.09 Å². The molecule has 1 aromatic rings. The van der Waals surface area contributed by atoms with E-state index in [1.807, 2.05) is 37.8 Å². The third-order valence-electron chi connectivity index (χ3n) is 6.88. The van der Waals surface area contributed by atoms with E-state index in [0.29, 0.717) is 13.1 Å². The molecule has 1 aliphatic carbocycles. The van der Waals surface area contributed by atoms with Gasteiger partial charge in [0.2, 0.25) is 0 Å². The van der Waals surface area contributed by atoms with Crippen LogP contribution in [0.2, 0.25) is 0 Å². The van der Waals surface area contributed by atoms with Crippen molar-refractivity contribution in [3.8, 4) is 0 Å². The van der Waals surface area contributed by atoms with Crippen LogP contribution in [0.1, 0.15) is 78.2 Å². The van der Waals surface area contributed by atoms with Gasteiger partial charge in [0.25, 0.3) is 0 Å². The first-order chi connectivity index (χ1) is 16.2. The Morgan fingerprint density at radius 1 is 1.20 bits per heavy atom. The second-order valence-corrected chi connectivity index (χ2v) is 10.4. The summed E-state index contributed by atoms with van der Waals surface area (Å²) < 4.78 is 11.3. The standard InChI is InChI=1S/C19H31N2O3.C10H11.K/c1-7-13(2)17-14-9-8-10-21(18(22)24-19(3,4)5)15(14)11-20-12-16(17)23-6;1-2-5-9(6-3-1)10-7-4-8-10;/h15-16,20H,7-8,10-12H2,1-6H3;2-3,5-6,10H,4,7-8H2;/q2*-1;+1. The summed E-state index contributed by atoms with van der Waals surface area (Å²) in [4.78, 5) is 14.5. The number of methoxy groups -OCH3 is 1. The predicted octanol–water partition coefficient (Wildman–Crippen LogP) is 2.83. The number of amides is 1. The monoisotopic (exact) mass is 505 g/mol. The summed E-state index contributed by atoms with van der Waals surface area (Å²) in [7, 11) is 1.74. The van der Waals surface area contributed by atoms with Crippen molar-refractivity contribution in [3.63, 3.8) is 0 Å². The molecule has 2 aliphatic heterocycles. The van der Waals surface area contributed by atoms with Crippen LogP contribution in [-0.4, -0.2) is 55.5 Å². The Bertz CT molecular complexity index is 872. The van der Waals surface area contributed by atoms with Gasteiger partial charge in [-0.1, -0.05) is 33.1 Å². The van der Waals surface area contributed by atoms with Gasteiger partial charge in [0.1, 0.15) is 5.60 Å². The van der Waals surface area contributed by atoms with E-state index in [1.165, 1.54) is 36.0 Å². The number of benzene rings is 1. The van der Waals surface area contributed by atoms with Gasteiger partial charge in [-0.05, 0) is 39.5 Å². The molecule has 2 heterocycles. The molecule has 1 saturated heterocycles. The number of carbonyl (C=O) groups excluding carboxylic acids is 1. The average Bonchev–Trinajstić information content (AvgIpc) is 2.96. The topological polar surface area (TPSA) is 50.8 Å². The number of rotatable bonds is 3. The minimum absolute atomic E-state index is 0. The van der Waals surface area contributed by atoms with E-state index in [0.717, 1.165) is 30.9 Å². The van der Waals surface area contributed by atoms with E-state index in [1.54, 1.807) is 7.11 Å². The van der Waals surface area contributed by atoms with E-state index < -0.39 is 5.60 Å². The molecule has 4 rings (SSSR count).